The van der Waals surface area contributed by atoms with Gasteiger partial charge in [0.2, 0.25) is 0 Å². The van der Waals surface area contributed by atoms with Crippen LogP contribution < -0.4 is 10.5 Å². The van der Waals surface area contributed by atoms with Crippen molar-refractivity contribution >= 4 is 10.8 Å². The van der Waals surface area contributed by atoms with Crippen LogP contribution in [0.4, 0.5) is 0 Å². The van der Waals surface area contributed by atoms with Gasteiger partial charge in [-0.05, 0) is 34.5 Å². The zero-order valence-corrected chi connectivity index (χ0v) is 11.9. The van der Waals surface area contributed by atoms with Crippen molar-refractivity contribution in [1.82, 2.24) is 9.97 Å². The third kappa shape index (κ3) is 2.85. The number of fused-ring (bicyclic) bond motifs is 1. The van der Waals surface area contributed by atoms with Crippen LogP contribution >= 0.6 is 0 Å². The summed E-state index contributed by atoms with van der Waals surface area (Å²) >= 11 is 0. The maximum Gasteiger partial charge on any atom is 0.132 e. The summed E-state index contributed by atoms with van der Waals surface area (Å²) < 4.78 is 5.32. The Morgan fingerprint density at radius 1 is 1.14 bits per heavy atom. The monoisotopic (exact) mass is 279 g/mol. The molecule has 0 atom stereocenters. The fraction of sp³-hybridized carbons (Fsp3) is 0.176. The Morgan fingerprint density at radius 3 is 2.86 bits per heavy atom. The minimum atomic E-state index is 0.429. The van der Waals surface area contributed by atoms with Crippen LogP contribution in [0.5, 0.6) is 5.75 Å². The summed E-state index contributed by atoms with van der Waals surface area (Å²) in [6, 6.07) is 14.2. The second-order valence-corrected chi connectivity index (χ2v) is 4.85. The van der Waals surface area contributed by atoms with Crippen LogP contribution in [-0.2, 0) is 13.0 Å². The first-order chi connectivity index (χ1) is 10.3. The number of methoxy groups -OCH3 is 1. The van der Waals surface area contributed by atoms with E-state index in [1.165, 1.54) is 16.3 Å². The summed E-state index contributed by atoms with van der Waals surface area (Å²) in [6.45, 7) is 0.429. The summed E-state index contributed by atoms with van der Waals surface area (Å²) in [7, 11) is 1.68. The average molecular weight is 279 g/mol. The summed E-state index contributed by atoms with van der Waals surface area (Å²) in [6.07, 6.45) is 2.44. The third-order valence-electron chi connectivity index (χ3n) is 3.50. The lowest BCUT2D eigenvalue weighted by atomic mass is 10.0. The molecule has 0 aliphatic rings. The lowest BCUT2D eigenvalue weighted by Gasteiger charge is -2.08. The van der Waals surface area contributed by atoms with E-state index < -0.39 is 0 Å². The molecule has 21 heavy (non-hydrogen) atoms. The molecule has 4 nitrogen and oxygen atoms in total. The SMILES string of the molecule is COc1ccc2cccc(Cc3nccc(CN)n3)c2c1. The van der Waals surface area contributed by atoms with Gasteiger partial charge in [-0.15, -0.1) is 0 Å². The summed E-state index contributed by atoms with van der Waals surface area (Å²) in [5, 5.41) is 2.35. The first-order valence-corrected chi connectivity index (χ1v) is 6.86. The molecule has 0 amide bonds. The summed E-state index contributed by atoms with van der Waals surface area (Å²) in [4.78, 5) is 8.80. The molecule has 0 radical (unpaired) electrons. The van der Waals surface area contributed by atoms with Crippen LogP contribution in [0.2, 0.25) is 0 Å². The second-order valence-electron chi connectivity index (χ2n) is 4.85. The van der Waals surface area contributed by atoms with E-state index in [0.29, 0.717) is 13.0 Å². The van der Waals surface area contributed by atoms with E-state index in [-0.39, 0.29) is 0 Å². The number of nitrogens with two attached hydrogens (primary N) is 1. The van der Waals surface area contributed by atoms with Crippen LogP contribution in [0.25, 0.3) is 10.8 Å². The lowest BCUT2D eigenvalue weighted by molar-refractivity contribution is 0.415. The van der Waals surface area contributed by atoms with E-state index in [0.717, 1.165) is 17.3 Å². The van der Waals surface area contributed by atoms with Crippen molar-refractivity contribution in [3.63, 3.8) is 0 Å². The first kappa shape index (κ1) is 13.5. The maximum absolute atomic E-state index is 5.63. The van der Waals surface area contributed by atoms with Crippen molar-refractivity contribution in [3.8, 4) is 5.75 Å². The van der Waals surface area contributed by atoms with Crippen LogP contribution in [0, 0.1) is 0 Å². The molecule has 0 spiro atoms. The number of ether oxygens (including phenoxy) is 1. The standard InChI is InChI=1S/C17H17N3O/c1-21-15-6-5-12-3-2-4-13(16(12)10-15)9-17-19-8-7-14(11-18)20-17/h2-8,10H,9,11,18H2,1H3. The number of rotatable bonds is 4. The molecule has 0 bridgehead atoms. The van der Waals surface area contributed by atoms with E-state index in [1.54, 1.807) is 13.3 Å². The quantitative estimate of drug-likeness (QED) is 0.797. The van der Waals surface area contributed by atoms with E-state index >= 15 is 0 Å². The van der Waals surface area contributed by atoms with E-state index in [2.05, 4.69) is 40.3 Å². The van der Waals surface area contributed by atoms with E-state index in [4.69, 9.17) is 10.5 Å². The topological polar surface area (TPSA) is 61.0 Å². The van der Waals surface area contributed by atoms with Crippen molar-refractivity contribution in [2.45, 2.75) is 13.0 Å². The van der Waals surface area contributed by atoms with Crippen LogP contribution in [-0.4, -0.2) is 17.1 Å². The molecule has 4 heteroatoms. The predicted octanol–water partition coefficient (Wildman–Crippen LogP) is 2.69. The van der Waals surface area contributed by atoms with Gasteiger partial charge < -0.3 is 10.5 Å². The van der Waals surface area contributed by atoms with E-state index in [1.807, 2.05) is 12.1 Å². The smallest absolute Gasteiger partial charge is 0.132 e. The zero-order valence-electron chi connectivity index (χ0n) is 11.9. The zero-order chi connectivity index (χ0) is 14.7. The highest BCUT2D eigenvalue weighted by atomic mass is 16.5. The minimum absolute atomic E-state index is 0.429. The van der Waals surface area contributed by atoms with Gasteiger partial charge in [0.05, 0.1) is 12.8 Å². The Morgan fingerprint density at radius 2 is 2.05 bits per heavy atom. The number of hydrogen-bond acceptors (Lipinski definition) is 4. The molecule has 0 fully saturated rings. The van der Waals surface area contributed by atoms with Crippen LogP contribution in [0.15, 0.2) is 48.7 Å². The Kier molecular flexibility index (Phi) is 3.79. The largest absolute Gasteiger partial charge is 0.497 e. The van der Waals surface area contributed by atoms with Gasteiger partial charge >= 0.3 is 0 Å². The van der Waals surface area contributed by atoms with Crippen LogP contribution in [0.3, 0.4) is 0 Å². The number of aromatic nitrogens is 2. The van der Waals surface area contributed by atoms with Crippen molar-refractivity contribution in [1.29, 1.82) is 0 Å². The molecular formula is C17H17N3O. The molecule has 1 heterocycles. The highest BCUT2D eigenvalue weighted by Crippen LogP contribution is 2.25. The molecule has 0 saturated carbocycles. The highest BCUT2D eigenvalue weighted by molar-refractivity contribution is 5.87. The van der Waals surface area contributed by atoms with Gasteiger partial charge in [0.1, 0.15) is 11.6 Å². The molecule has 0 unspecified atom stereocenters. The summed E-state index contributed by atoms with van der Waals surface area (Å²) in [5.74, 6) is 1.64. The molecule has 1 aromatic heterocycles. The van der Waals surface area contributed by atoms with Gasteiger partial charge in [0.15, 0.2) is 0 Å². The minimum Gasteiger partial charge on any atom is -0.497 e. The average Bonchev–Trinajstić information content (AvgIpc) is 2.55. The van der Waals surface area contributed by atoms with Gasteiger partial charge in [0.25, 0.3) is 0 Å². The van der Waals surface area contributed by atoms with Crippen LogP contribution in [0.1, 0.15) is 17.1 Å². The molecule has 3 aromatic rings. The second kappa shape index (κ2) is 5.89. The molecule has 106 valence electrons. The van der Waals surface area contributed by atoms with Gasteiger partial charge in [-0.25, -0.2) is 9.97 Å². The van der Waals surface area contributed by atoms with Crippen molar-refractivity contribution in [2.24, 2.45) is 5.73 Å². The normalized spacial score (nSPS) is 10.8. The maximum atomic E-state index is 5.63. The van der Waals surface area contributed by atoms with Gasteiger partial charge in [-0.3, -0.25) is 0 Å². The van der Waals surface area contributed by atoms with Crippen molar-refractivity contribution in [2.75, 3.05) is 7.11 Å². The molecule has 0 aliphatic heterocycles. The number of benzene rings is 2. The first-order valence-electron chi connectivity index (χ1n) is 6.86. The van der Waals surface area contributed by atoms with Crippen molar-refractivity contribution in [3.05, 3.63) is 65.7 Å². The fourth-order valence-electron chi connectivity index (χ4n) is 2.41. The highest BCUT2D eigenvalue weighted by Gasteiger charge is 2.06. The molecule has 2 N–H and O–H groups in total. The van der Waals surface area contributed by atoms with Gasteiger partial charge in [-0.1, -0.05) is 24.3 Å². The fourth-order valence-corrected chi connectivity index (χ4v) is 2.41. The Hall–Kier alpha value is -2.46. The van der Waals surface area contributed by atoms with Crippen molar-refractivity contribution < 1.29 is 4.74 Å². The molecule has 0 saturated heterocycles. The lowest BCUT2D eigenvalue weighted by Crippen LogP contribution is -2.04. The Balaban J connectivity index is 2.03. The Labute approximate surface area is 123 Å². The van der Waals surface area contributed by atoms with Gasteiger partial charge in [0, 0.05) is 19.2 Å². The Bertz CT molecular complexity index is 771. The predicted molar refractivity (Wildman–Crippen MR) is 83.2 cm³/mol. The van der Waals surface area contributed by atoms with Gasteiger partial charge in [-0.2, -0.15) is 0 Å². The van der Waals surface area contributed by atoms with E-state index in [9.17, 15) is 0 Å². The molecule has 2 aromatic carbocycles. The molecule has 3 rings (SSSR count). The molecular weight excluding hydrogens is 262 g/mol. The number of hydrogen-bond donors (Lipinski definition) is 1. The third-order valence-corrected chi connectivity index (χ3v) is 3.50. The molecule has 0 aliphatic carbocycles. The number of nitrogens with zero attached hydrogens (tertiary/aromatic N) is 2. The summed E-state index contributed by atoms with van der Waals surface area (Å²) in [5.41, 5.74) is 7.67.